The predicted molar refractivity (Wildman–Crippen MR) is 112 cm³/mol. The van der Waals surface area contributed by atoms with Crippen LogP contribution in [0.15, 0.2) is 23.6 Å². The molecule has 3 aromatic heterocycles. The second-order valence-electron chi connectivity index (χ2n) is 6.88. The quantitative estimate of drug-likeness (QED) is 0.538. The molecule has 1 aliphatic carbocycles. The molecular formula is C19H22ClN3OS2. The molecule has 0 aromatic carbocycles. The normalized spacial score (nSPS) is 23.5. The van der Waals surface area contributed by atoms with Crippen LogP contribution >= 0.6 is 34.3 Å². The lowest BCUT2D eigenvalue weighted by Crippen LogP contribution is -2.42. The molecule has 4 nitrogen and oxygen atoms in total. The molecule has 1 aliphatic rings. The number of aliphatic hydroxyl groups excluding tert-OH is 1. The van der Waals surface area contributed by atoms with E-state index >= 15 is 0 Å². The van der Waals surface area contributed by atoms with E-state index in [1.54, 1.807) is 22.7 Å². The molecule has 4 N–H and O–H groups in total. The highest BCUT2D eigenvalue weighted by molar-refractivity contribution is 7.20. The van der Waals surface area contributed by atoms with Gasteiger partial charge in [-0.1, -0.05) is 24.1 Å². The Morgan fingerprint density at radius 1 is 1.42 bits per heavy atom. The highest BCUT2D eigenvalue weighted by Gasteiger charge is 2.33. The first-order valence-corrected chi connectivity index (χ1v) is 10.9. The summed E-state index contributed by atoms with van der Waals surface area (Å²) in [5.41, 5.74) is 9.43. The molecule has 138 valence electrons. The third-order valence-electron chi connectivity index (χ3n) is 5.17. The van der Waals surface area contributed by atoms with Gasteiger partial charge in [-0.3, -0.25) is 0 Å². The van der Waals surface area contributed by atoms with Crippen LogP contribution < -0.4 is 11.1 Å². The second kappa shape index (κ2) is 7.44. The van der Waals surface area contributed by atoms with Crippen LogP contribution in [0.1, 0.15) is 40.5 Å². The Morgan fingerprint density at radius 2 is 2.27 bits per heavy atom. The van der Waals surface area contributed by atoms with Crippen LogP contribution in [-0.2, 0) is 6.54 Å². The number of hydrogen-bond acceptors (Lipinski definition) is 6. The van der Waals surface area contributed by atoms with Crippen LogP contribution in [0.3, 0.4) is 0 Å². The maximum Gasteiger partial charge on any atom is 0.131 e. The van der Waals surface area contributed by atoms with Crippen LogP contribution in [0, 0.1) is 6.92 Å². The fourth-order valence-corrected chi connectivity index (χ4v) is 6.02. The van der Waals surface area contributed by atoms with Gasteiger partial charge in [-0.2, -0.15) is 0 Å². The van der Waals surface area contributed by atoms with E-state index in [-0.39, 0.29) is 12.0 Å². The first-order valence-electron chi connectivity index (χ1n) is 8.84. The fourth-order valence-electron chi connectivity index (χ4n) is 3.75. The molecule has 1 fully saturated rings. The van der Waals surface area contributed by atoms with E-state index in [2.05, 4.69) is 34.7 Å². The molecule has 0 amide bonds. The number of aliphatic hydroxyl groups is 1. The Balaban J connectivity index is 1.72. The summed E-state index contributed by atoms with van der Waals surface area (Å²) in [6.07, 6.45) is 2.38. The molecule has 0 saturated heterocycles. The largest absolute Gasteiger partial charge is 0.391 e. The molecule has 0 radical (unpaired) electrons. The van der Waals surface area contributed by atoms with E-state index in [1.165, 1.54) is 9.75 Å². The number of thiophene rings is 2. The average Bonchev–Trinajstić information content (AvgIpc) is 3.24. The highest BCUT2D eigenvalue weighted by Crippen LogP contribution is 2.44. The number of hydrogen-bond donors (Lipinski definition) is 3. The lowest BCUT2D eigenvalue weighted by atomic mass is 9.81. The van der Waals surface area contributed by atoms with Crippen LogP contribution in [0.2, 0.25) is 5.15 Å². The van der Waals surface area contributed by atoms with Crippen molar-refractivity contribution in [3.63, 3.8) is 0 Å². The van der Waals surface area contributed by atoms with Crippen molar-refractivity contribution in [2.75, 3.05) is 5.32 Å². The summed E-state index contributed by atoms with van der Waals surface area (Å²) in [6.45, 7) is 2.86. The topological polar surface area (TPSA) is 71.2 Å². The van der Waals surface area contributed by atoms with Crippen LogP contribution in [0.5, 0.6) is 0 Å². The van der Waals surface area contributed by atoms with Gasteiger partial charge in [0.05, 0.1) is 22.0 Å². The van der Waals surface area contributed by atoms with Crippen molar-refractivity contribution in [2.45, 2.75) is 50.8 Å². The van der Waals surface area contributed by atoms with E-state index < -0.39 is 6.10 Å². The number of fused-ring (bicyclic) bond motifs is 1. The number of rotatable bonds is 4. The number of pyridine rings is 1. The molecule has 3 atom stereocenters. The number of nitrogens with two attached hydrogens (primary N) is 1. The number of halogens is 1. The van der Waals surface area contributed by atoms with E-state index in [4.69, 9.17) is 17.3 Å². The Bertz CT molecular complexity index is 909. The summed E-state index contributed by atoms with van der Waals surface area (Å²) in [5.74, 6) is 0.182. The molecule has 0 spiro atoms. The lowest BCUT2D eigenvalue weighted by molar-refractivity contribution is 0.0969. The zero-order valence-electron chi connectivity index (χ0n) is 14.5. The summed E-state index contributed by atoms with van der Waals surface area (Å²) < 4.78 is 1.12. The molecule has 1 saturated carbocycles. The zero-order valence-corrected chi connectivity index (χ0v) is 16.9. The van der Waals surface area contributed by atoms with Gasteiger partial charge in [0.1, 0.15) is 5.15 Å². The summed E-state index contributed by atoms with van der Waals surface area (Å²) in [6, 6.07) is 5.85. The van der Waals surface area contributed by atoms with E-state index in [1.807, 2.05) is 6.07 Å². The maximum absolute atomic E-state index is 10.2. The number of nitrogens with one attached hydrogen (secondary N) is 1. The molecule has 0 aliphatic heterocycles. The summed E-state index contributed by atoms with van der Waals surface area (Å²) in [7, 11) is 0. The molecule has 3 heterocycles. The molecule has 3 aromatic rings. The highest BCUT2D eigenvalue weighted by atomic mass is 35.5. The van der Waals surface area contributed by atoms with Gasteiger partial charge < -0.3 is 16.2 Å². The number of anilines is 1. The fraction of sp³-hybridized carbons (Fsp3) is 0.421. The van der Waals surface area contributed by atoms with Gasteiger partial charge in [-0.05, 0) is 36.8 Å². The molecule has 26 heavy (non-hydrogen) atoms. The van der Waals surface area contributed by atoms with Crippen LogP contribution in [0.25, 0.3) is 10.2 Å². The van der Waals surface area contributed by atoms with Gasteiger partial charge in [0.15, 0.2) is 0 Å². The Morgan fingerprint density at radius 3 is 3.04 bits per heavy atom. The monoisotopic (exact) mass is 407 g/mol. The van der Waals surface area contributed by atoms with E-state index in [0.29, 0.717) is 5.15 Å². The molecule has 0 unspecified atom stereocenters. The van der Waals surface area contributed by atoms with Crippen molar-refractivity contribution >= 4 is 50.2 Å². The van der Waals surface area contributed by atoms with E-state index in [9.17, 15) is 5.11 Å². The minimum Gasteiger partial charge on any atom is -0.391 e. The third-order valence-corrected chi connectivity index (χ3v) is 7.69. The molecule has 4 rings (SSSR count). The first-order chi connectivity index (χ1) is 12.5. The summed E-state index contributed by atoms with van der Waals surface area (Å²) in [5, 5.41) is 16.3. The summed E-state index contributed by atoms with van der Waals surface area (Å²) >= 11 is 9.76. The van der Waals surface area contributed by atoms with Crippen LogP contribution in [-0.4, -0.2) is 22.2 Å². The summed E-state index contributed by atoms with van der Waals surface area (Å²) in [4.78, 5) is 7.09. The van der Waals surface area contributed by atoms with Crippen molar-refractivity contribution in [1.29, 1.82) is 0 Å². The van der Waals surface area contributed by atoms with Gasteiger partial charge in [0.25, 0.3) is 0 Å². The van der Waals surface area contributed by atoms with Gasteiger partial charge >= 0.3 is 0 Å². The standard InChI is InChI=1S/C19H22ClN3OS2/c1-10-17-19(26-18(10)12-5-2-6-14(24)16(12)21)13(8-15(20)23-17)22-9-11-4-3-7-25-11/h3-4,7-8,12,14,16,24H,2,5-6,9,21H2,1H3,(H,22,23)/t12-,14-,16+/m1/s1. The first kappa shape index (κ1) is 18.2. The average molecular weight is 408 g/mol. The molecule has 7 heteroatoms. The third kappa shape index (κ3) is 3.37. The zero-order chi connectivity index (χ0) is 18.3. The second-order valence-corrected chi connectivity index (χ2v) is 9.35. The van der Waals surface area contributed by atoms with Crippen LogP contribution in [0.4, 0.5) is 5.69 Å². The van der Waals surface area contributed by atoms with Gasteiger partial charge in [-0.25, -0.2) is 4.98 Å². The van der Waals surface area contributed by atoms with E-state index in [0.717, 1.165) is 47.3 Å². The number of aryl methyl sites for hydroxylation is 1. The smallest absolute Gasteiger partial charge is 0.131 e. The van der Waals surface area contributed by atoms with Gasteiger partial charge in [0.2, 0.25) is 0 Å². The van der Waals surface area contributed by atoms with Gasteiger partial charge in [0, 0.05) is 34.3 Å². The Labute approximate surface area is 166 Å². The minimum absolute atomic E-state index is 0.182. The van der Waals surface area contributed by atoms with Crippen molar-refractivity contribution in [3.05, 3.63) is 44.1 Å². The van der Waals surface area contributed by atoms with Gasteiger partial charge in [-0.15, -0.1) is 22.7 Å². The predicted octanol–water partition coefficient (Wildman–Crippen LogP) is 4.89. The van der Waals surface area contributed by atoms with Crippen molar-refractivity contribution < 1.29 is 5.11 Å². The van der Waals surface area contributed by atoms with Crippen molar-refractivity contribution in [1.82, 2.24) is 4.98 Å². The maximum atomic E-state index is 10.2. The molecule has 0 bridgehead atoms. The van der Waals surface area contributed by atoms with Crippen molar-refractivity contribution in [3.8, 4) is 0 Å². The molecular weight excluding hydrogens is 386 g/mol. The number of aromatic nitrogens is 1. The lowest BCUT2D eigenvalue weighted by Gasteiger charge is -2.32. The minimum atomic E-state index is -0.425. The van der Waals surface area contributed by atoms with Crippen molar-refractivity contribution in [2.24, 2.45) is 5.73 Å². The Hall–Kier alpha value is -1.18. The SMILES string of the molecule is Cc1c([C@@H]2CCC[C@@H](O)[C@H]2N)sc2c(NCc3cccs3)cc(Cl)nc12. The number of nitrogens with zero attached hydrogens (tertiary/aromatic N) is 1. The Kier molecular flexibility index (Phi) is 5.21.